The number of fused-ring (bicyclic) bond motifs is 1. The summed E-state index contributed by atoms with van der Waals surface area (Å²) >= 11 is 0. The van der Waals surface area contributed by atoms with Crippen LogP contribution in [-0.4, -0.2) is 18.0 Å². The van der Waals surface area contributed by atoms with Crippen LogP contribution in [0.15, 0.2) is 35.9 Å². The number of nitrogens with one attached hydrogen (secondary N) is 1. The Bertz CT molecular complexity index is 499. The highest BCUT2D eigenvalue weighted by Crippen LogP contribution is 2.36. The Morgan fingerprint density at radius 1 is 1.33 bits per heavy atom. The summed E-state index contributed by atoms with van der Waals surface area (Å²) in [5.74, 6) is 0.0448. The van der Waals surface area contributed by atoms with Gasteiger partial charge in [0.25, 0.3) is 0 Å². The summed E-state index contributed by atoms with van der Waals surface area (Å²) in [6, 6.07) is 7.94. The third kappa shape index (κ3) is 2.13. The molecule has 1 heterocycles. The molecular formula is C15H20N2O. The molecule has 0 fully saturated rings. The molecule has 3 nitrogen and oxygen atoms in total. The fourth-order valence-corrected chi connectivity index (χ4v) is 2.11. The average Bonchev–Trinajstić information content (AvgIpc) is 2.29. The van der Waals surface area contributed by atoms with E-state index in [1.807, 2.05) is 32.0 Å². The largest absolute Gasteiger partial charge is 0.352 e. The number of carbonyl (C=O) groups excluding carboxylic acids is 1. The molecule has 3 heteroatoms. The number of hydrogen-bond acceptors (Lipinski definition) is 2. The van der Waals surface area contributed by atoms with Crippen LogP contribution in [0.1, 0.15) is 27.7 Å². The van der Waals surface area contributed by atoms with Crippen molar-refractivity contribution in [1.29, 1.82) is 0 Å². The van der Waals surface area contributed by atoms with Crippen LogP contribution in [0.5, 0.6) is 0 Å². The molecule has 0 aliphatic carbocycles. The van der Waals surface area contributed by atoms with Gasteiger partial charge in [0.15, 0.2) is 0 Å². The van der Waals surface area contributed by atoms with Gasteiger partial charge in [-0.15, -0.1) is 0 Å². The van der Waals surface area contributed by atoms with E-state index in [0.29, 0.717) is 0 Å². The van der Waals surface area contributed by atoms with Crippen molar-refractivity contribution < 1.29 is 4.79 Å². The molecule has 0 saturated heterocycles. The van der Waals surface area contributed by atoms with Gasteiger partial charge in [-0.3, -0.25) is 4.79 Å². The van der Waals surface area contributed by atoms with Crippen LogP contribution in [0.3, 0.4) is 0 Å². The Morgan fingerprint density at radius 3 is 2.67 bits per heavy atom. The molecule has 0 unspecified atom stereocenters. The predicted octanol–water partition coefficient (Wildman–Crippen LogP) is 3.19. The van der Waals surface area contributed by atoms with Crippen LogP contribution in [0.4, 0.5) is 11.4 Å². The first-order valence-electron chi connectivity index (χ1n) is 6.24. The summed E-state index contributed by atoms with van der Waals surface area (Å²) in [6.45, 7) is 8.81. The standard InChI is InChI=1S/C15H20N2O/c1-11(2)9-10-17-13-8-6-5-7-12(13)16-14(18)15(17,3)4/h5-9H,10H2,1-4H3,(H,16,18). The zero-order valence-corrected chi connectivity index (χ0v) is 11.4. The van der Waals surface area contributed by atoms with Gasteiger partial charge >= 0.3 is 0 Å². The van der Waals surface area contributed by atoms with Gasteiger partial charge < -0.3 is 10.2 Å². The molecule has 1 aromatic carbocycles. The lowest BCUT2D eigenvalue weighted by Crippen LogP contribution is -2.56. The predicted molar refractivity (Wildman–Crippen MR) is 75.9 cm³/mol. The molecular weight excluding hydrogens is 224 g/mol. The third-order valence-corrected chi connectivity index (χ3v) is 3.36. The molecule has 0 bridgehead atoms. The summed E-state index contributed by atoms with van der Waals surface area (Å²) in [6.07, 6.45) is 2.15. The van der Waals surface area contributed by atoms with Crippen LogP contribution in [0.2, 0.25) is 0 Å². The zero-order chi connectivity index (χ0) is 13.3. The molecule has 0 spiro atoms. The van der Waals surface area contributed by atoms with Crippen molar-refractivity contribution in [2.75, 3.05) is 16.8 Å². The molecule has 1 aliphatic rings. The second kappa shape index (κ2) is 4.48. The maximum absolute atomic E-state index is 12.2. The Labute approximate surface area is 108 Å². The number of allylic oxidation sites excluding steroid dienone is 1. The van der Waals surface area contributed by atoms with Crippen molar-refractivity contribution in [3.05, 3.63) is 35.9 Å². The average molecular weight is 244 g/mol. The van der Waals surface area contributed by atoms with Gasteiger partial charge in [-0.2, -0.15) is 0 Å². The quantitative estimate of drug-likeness (QED) is 0.810. The number of para-hydroxylation sites is 2. The van der Waals surface area contributed by atoms with E-state index in [-0.39, 0.29) is 5.91 Å². The van der Waals surface area contributed by atoms with E-state index in [4.69, 9.17) is 0 Å². The molecule has 1 aromatic rings. The molecule has 2 rings (SSSR count). The van der Waals surface area contributed by atoms with Gasteiger partial charge in [0.2, 0.25) is 5.91 Å². The molecule has 1 N–H and O–H groups in total. The van der Waals surface area contributed by atoms with Crippen LogP contribution in [0.25, 0.3) is 0 Å². The first kappa shape index (κ1) is 12.7. The van der Waals surface area contributed by atoms with Crippen molar-refractivity contribution in [3.8, 4) is 0 Å². The lowest BCUT2D eigenvalue weighted by Gasteiger charge is -2.43. The second-order valence-electron chi connectivity index (χ2n) is 5.42. The lowest BCUT2D eigenvalue weighted by molar-refractivity contribution is -0.120. The molecule has 0 aromatic heterocycles. The summed E-state index contributed by atoms with van der Waals surface area (Å²) in [5.41, 5.74) is 2.71. The number of rotatable bonds is 2. The zero-order valence-electron chi connectivity index (χ0n) is 11.4. The van der Waals surface area contributed by atoms with E-state index in [1.54, 1.807) is 0 Å². The van der Waals surface area contributed by atoms with Gasteiger partial charge in [0.1, 0.15) is 5.54 Å². The van der Waals surface area contributed by atoms with Gasteiger partial charge in [0.05, 0.1) is 11.4 Å². The molecule has 1 aliphatic heterocycles. The summed E-state index contributed by atoms with van der Waals surface area (Å²) in [7, 11) is 0. The van der Waals surface area contributed by atoms with Crippen molar-refractivity contribution in [2.45, 2.75) is 33.2 Å². The lowest BCUT2D eigenvalue weighted by atomic mass is 9.96. The molecule has 0 saturated carbocycles. The molecule has 0 radical (unpaired) electrons. The van der Waals surface area contributed by atoms with E-state index < -0.39 is 5.54 Å². The highest BCUT2D eigenvalue weighted by molar-refractivity contribution is 6.06. The summed E-state index contributed by atoms with van der Waals surface area (Å²) < 4.78 is 0. The van der Waals surface area contributed by atoms with Gasteiger partial charge in [0, 0.05) is 6.54 Å². The van der Waals surface area contributed by atoms with Crippen LogP contribution >= 0.6 is 0 Å². The van der Waals surface area contributed by atoms with E-state index in [9.17, 15) is 4.79 Å². The number of nitrogens with zero attached hydrogens (tertiary/aromatic N) is 1. The van der Waals surface area contributed by atoms with Gasteiger partial charge in [-0.1, -0.05) is 23.8 Å². The Hall–Kier alpha value is -1.77. The normalized spacial score (nSPS) is 16.9. The molecule has 18 heavy (non-hydrogen) atoms. The first-order valence-corrected chi connectivity index (χ1v) is 6.24. The van der Waals surface area contributed by atoms with Gasteiger partial charge in [-0.25, -0.2) is 0 Å². The van der Waals surface area contributed by atoms with E-state index >= 15 is 0 Å². The minimum atomic E-state index is -0.527. The maximum atomic E-state index is 12.2. The smallest absolute Gasteiger partial charge is 0.249 e. The highest BCUT2D eigenvalue weighted by atomic mass is 16.2. The van der Waals surface area contributed by atoms with Crippen LogP contribution in [0, 0.1) is 0 Å². The Kier molecular flexibility index (Phi) is 3.16. The first-order chi connectivity index (χ1) is 8.43. The molecule has 96 valence electrons. The maximum Gasteiger partial charge on any atom is 0.249 e. The Balaban J connectivity index is 2.45. The SMILES string of the molecule is CC(C)=CCN1c2ccccc2NC(=O)C1(C)C. The minimum absolute atomic E-state index is 0.0448. The van der Waals surface area contributed by atoms with E-state index in [2.05, 4.69) is 36.2 Å². The van der Waals surface area contributed by atoms with Crippen molar-refractivity contribution in [1.82, 2.24) is 0 Å². The number of amides is 1. The molecule has 0 atom stereocenters. The number of carbonyl (C=O) groups is 1. The summed E-state index contributed by atoms with van der Waals surface area (Å²) in [4.78, 5) is 14.3. The van der Waals surface area contributed by atoms with Crippen LogP contribution < -0.4 is 10.2 Å². The fourth-order valence-electron chi connectivity index (χ4n) is 2.11. The monoisotopic (exact) mass is 244 g/mol. The van der Waals surface area contributed by atoms with Crippen molar-refractivity contribution >= 4 is 17.3 Å². The van der Waals surface area contributed by atoms with Crippen LogP contribution in [-0.2, 0) is 4.79 Å². The van der Waals surface area contributed by atoms with Gasteiger partial charge in [-0.05, 0) is 39.8 Å². The Morgan fingerprint density at radius 2 is 2.00 bits per heavy atom. The fraction of sp³-hybridized carbons (Fsp3) is 0.400. The summed E-state index contributed by atoms with van der Waals surface area (Å²) in [5, 5.41) is 2.97. The highest BCUT2D eigenvalue weighted by Gasteiger charge is 2.39. The van der Waals surface area contributed by atoms with Crippen molar-refractivity contribution in [3.63, 3.8) is 0 Å². The number of anilines is 2. The minimum Gasteiger partial charge on any atom is -0.352 e. The third-order valence-electron chi connectivity index (χ3n) is 3.36. The second-order valence-corrected chi connectivity index (χ2v) is 5.42. The van der Waals surface area contributed by atoms with E-state index in [0.717, 1.165) is 17.9 Å². The van der Waals surface area contributed by atoms with E-state index in [1.165, 1.54) is 5.57 Å². The topological polar surface area (TPSA) is 32.3 Å². The molecule has 1 amide bonds. The number of benzene rings is 1. The number of hydrogen-bond donors (Lipinski definition) is 1. The van der Waals surface area contributed by atoms with Crippen molar-refractivity contribution in [2.24, 2.45) is 0 Å².